The van der Waals surface area contributed by atoms with E-state index in [-0.39, 0.29) is 23.1 Å². The van der Waals surface area contributed by atoms with Gasteiger partial charge in [-0.25, -0.2) is 0 Å². The average Bonchev–Trinajstić information content (AvgIpc) is 3.47. The van der Waals surface area contributed by atoms with Crippen LogP contribution < -0.4 is 5.32 Å². The van der Waals surface area contributed by atoms with Crippen molar-refractivity contribution in [3.05, 3.63) is 60.4 Å². The molecule has 1 saturated carbocycles. The largest absolute Gasteiger partial charge is 0.355 e. The van der Waals surface area contributed by atoms with Crippen LogP contribution in [0.25, 0.3) is 0 Å². The van der Waals surface area contributed by atoms with Crippen LogP contribution >= 0.6 is 11.8 Å². The molecule has 1 aliphatic carbocycles. The van der Waals surface area contributed by atoms with E-state index in [4.69, 9.17) is 0 Å². The van der Waals surface area contributed by atoms with Crippen LogP contribution in [0, 0.1) is 11.3 Å². The minimum absolute atomic E-state index is 0.113. The number of piperidine rings is 1. The topological polar surface area (TPSA) is 62.3 Å². The van der Waals surface area contributed by atoms with Gasteiger partial charge < -0.3 is 10.2 Å². The fraction of sp³-hybridized carbons (Fsp3) is 0.435. The molecule has 1 unspecified atom stereocenters. The summed E-state index contributed by atoms with van der Waals surface area (Å²) in [4.78, 5) is 32.4. The number of carbonyl (C=O) groups excluding carboxylic acids is 2. The van der Waals surface area contributed by atoms with Crippen molar-refractivity contribution >= 4 is 23.6 Å². The Morgan fingerprint density at radius 2 is 1.86 bits per heavy atom. The van der Waals surface area contributed by atoms with Crippen molar-refractivity contribution in [2.24, 2.45) is 11.3 Å². The first-order valence-electron chi connectivity index (χ1n) is 10.3. The lowest BCUT2D eigenvalue weighted by Gasteiger charge is -2.32. The van der Waals surface area contributed by atoms with E-state index >= 15 is 0 Å². The molecule has 4 rings (SSSR count). The third kappa shape index (κ3) is 4.99. The van der Waals surface area contributed by atoms with Gasteiger partial charge >= 0.3 is 0 Å². The first-order chi connectivity index (χ1) is 14.2. The smallest absolute Gasteiger partial charge is 0.232 e. The second-order valence-electron chi connectivity index (χ2n) is 7.96. The van der Waals surface area contributed by atoms with Crippen molar-refractivity contribution in [1.29, 1.82) is 0 Å². The standard InChI is InChI=1S/C23H27N3O2S/c27-21(17-29-19-7-2-1-3-8-19)26-14-10-23(11-15-26)16-20(23)22(28)25-13-9-18-6-4-5-12-24-18/h1-8,12,20H,9-11,13-17H2,(H,25,28). The van der Waals surface area contributed by atoms with E-state index in [2.05, 4.69) is 10.3 Å². The highest BCUT2D eigenvalue weighted by molar-refractivity contribution is 8.00. The lowest BCUT2D eigenvalue weighted by Crippen LogP contribution is -2.41. The molecule has 1 atom stereocenters. The third-order valence-corrected chi connectivity index (χ3v) is 7.13. The number of aromatic nitrogens is 1. The second kappa shape index (κ2) is 8.99. The highest BCUT2D eigenvalue weighted by atomic mass is 32.2. The van der Waals surface area contributed by atoms with Crippen molar-refractivity contribution in [2.45, 2.75) is 30.6 Å². The summed E-state index contributed by atoms with van der Waals surface area (Å²) >= 11 is 1.59. The van der Waals surface area contributed by atoms with Gasteiger partial charge in [0, 0.05) is 48.8 Å². The Bertz CT molecular complexity index is 836. The first kappa shape index (κ1) is 20.0. The van der Waals surface area contributed by atoms with Gasteiger partial charge in [-0.15, -0.1) is 11.8 Å². The Kier molecular flexibility index (Phi) is 6.19. The summed E-state index contributed by atoms with van der Waals surface area (Å²) in [6.45, 7) is 2.17. The Morgan fingerprint density at radius 3 is 2.59 bits per heavy atom. The Labute approximate surface area is 176 Å². The van der Waals surface area contributed by atoms with Gasteiger partial charge in [0.25, 0.3) is 0 Å². The number of rotatable bonds is 7. The van der Waals surface area contributed by atoms with E-state index in [1.165, 1.54) is 0 Å². The zero-order valence-corrected chi connectivity index (χ0v) is 17.4. The number of likely N-dealkylation sites (tertiary alicyclic amines) is 1. The van der Waals surface area contributed by atoms with E-state index in [0.717, 1.165) is 49.4 Å². The first-order valence-corrected chi connectivity index (χ1v) is 11.3. The molecule has 0 radical (unpaired) electrons. The molecule has 6 heteroatoms. The van der Waals surface area contributed by atoms with E-state index in [9.17, 15) is 9.59 Å². The maximum absolute atomic E-state index is 12.5. The van der Waals surface area contributed by atoms with Gasteiger partial charge in [0.15, 0.2) is 0 Å². The zero-order chi connectivity index (χ0) is 20.1. The highest BCUT2D eigenvalue weighted by Gasteiger charge is 2.58. The molecular weight excluding hydrogens is 382 g/mol. The normalized spacial score (nSPS) is 19.7. The SMILES string of the molecule is O=C(NCCc1ccccn1)C1CC12CCN(C(=O)CSc1ccccc1)CC2. The van der Waals surface area contributed by atoms with Crippen molar-refractivity contribution in [3.8, 4) is 0 Å². The quantitative estimate of drug-likeness (QED) is 0.714. The van der Waals surface area contributed by atoms with Crippen molar-refractivity contribution in [3.63, 3.8) is 0 Å². The van der Waals surface area contributed by atoms with Crippen LogP contribution in [-0.4, -0.2) is 47.1 Å². The number of thioether (sulfide) groups is 1. The number of amides is 2. The second-order valence-corrected chi connectivity index (χ2v) is 9.01. The molecule has 2 aromatic rings. The zero-order valence-electron chi connectivity index (χ0n) is 16.5. The predicted octanol–water partition coefficient (Wildman–Crippen LogP) is 3.16. The van der Waals surface area contributed by atoms with E-state index in [1.54, 1.807) is 18.0 Å². The van der Waals surface area contributed by atoms with Crippen LogP contribution in [0.4, 0.5) is 0 Å². The van der Waals surface area contributed by atoms with E-state index < -0.39 is 0 Å². The molecule has 1 saturated heterocycles. The van der Waals surface area contributed by atoms with Gasteiger partial charge in [-0.05, 0) is 48.9 Å². The molecule has 2 heterocycles. The van der Waals surface area contributed by atoms with Crippen molar-refractivity contribution < 1.29 is 9.59 Å². The van der Waals surface area contributed by atoms with Crippen molar-refractivity contribution in [2.75, 3.05) is 25.4 Å². The Balaban J connectivity index is 1.17. The number of nitrogens with zero attached hydrogens (tertiary/aromatic N) is 2. The maximum atomic E-state index is 12.5. The molecule has 1 aromatic heterocycles. The Hall–Kier alpha value is -2.34. The summed E-state index contributed by atoms with van der Waals surface area (Å²) in [6.07, 6.45) is 5.37. The summed E-state index contributed by atoms with van der Waals surface area (Å²) in [5, 5.41) is 3.07. The average molecular weight is 410 g/mol. The van der Waals surface area contributed by atoms with Crippen LogP contribution in [-0.2, 0) is 16.0 Å². The van der Waals surface area contributed by atoms with Gasteiger partial charge in [0.2, 0.25) is 11.8 Å². The molecule has 1 N–H and O–H groups in total. The molecule has 2 aliphatic rings. The molecule has 1 aliphatic heterocycles. The number of hydrogen-bond donors (Lipinski definition) is 1. The number of pyridine rings is 1. The van der Waals surface area contributed by atoms with Gasteiger partial charge in [-0.3, -0.25) is 14.6 Å². The van der Waals surface area contributed by atoms with Crippen LogP contribution in [0.5, 0.6) is 0 Å². The fourth-order valence-electron chi connectivity index (χ4n) is 4.21. The maximum Gasteiger partial charge on any atom is 0.232 e. The molecule has 5 nitrogen and oxygen atoms in total. The van der Waals surface area contributed by atoms with Gasteiger partial charge in [0.1, 0.15) is 0 Å². The van der Waals surface area contributed by atoms with Gasteiger partial charge in [-0.2, -0.15) is 0 Å². The monoisotopic (exact) mass is 409 g/mol. The third-order valence-electron chi connectivity index (χ3n) is 6.13. The summed E-state index contributed by atoms with van der Waals surface area (Å²) in [5.41, 5.74) is 1.12. The van der Waals surface area contributed by atoms with E-state index in [0.29, 0.717) is 12.3 Å². The molecular formula is C23H27N3O2S. The summed E-state index contributed by atoms with van der Waals surface area (Å²) in [5.74, 6) is 0.960. The van der Waals surface area contributed by atoms with Crippen LogP contribution in [0.2, 0.25) is 0 Å². The van der Waals surface area contributed by atoms with E-state index in [1.807, 2.05) is 53.4 Å². The fourth-order valence-corrected chi connectivity index (χ4v) is 5.03. The molecule has 1 aromatic carbocycles. The number of benzene rings is 1. The van der Waals surface area contributed by atoms with Crippen LogP contribution in [0.15, 0.2) is 59.6 Å². The molecule has 2 fully saturated rings. The molecule has 29 heavy (non-hydrogen) atoms. The minimum atomic E-state index is 0.113. The van der Waals surface area contributed by atoms with Crippen molar-refractivity contribution in [1.82, 2.24) is 15.2 Å². The number of nitrogens with one attached hydrogen (secondary N) is 1. The lowest BCUT2D eigenvalue weighted by molar-refractivity contribution is -0.130. The molecule has 152 valence electrons. The molecule has 2 amide bonds. The lowest BCUT2D eigenvalue weighted by atomic mass is 9.90. The summed E-state index contributed by atoms with van der Waals surface area (Å²) in [6, 6.07) is 15.9. The van der Waals surface area contributed by atoms with Crippen LogP contribution in [0.1, 0.15) is 25.0 Å². The van der Waals surface area contributed by atoms with Gasteiger partial charge in [0.05, 0.1) is 5.75 Å². The highest BCUT2D eigenvalue weighted by Crippen LogP contribution is 2.59. The molecule has 1 spiro atoms. The molecule has 0 bridgehead atoms. The number of hydrogen-bond acceptors (Lipinski definition) is 4. The van der Waals surface area contributed by atoms with Gasteiger partial charge in [-0.1, -0.05) is 24.3 Å². The minimum Gasteiger partial charge on any atom is -0.355 e. The number of carbonyl (C=O) groups is 2. The Morgan fingerprint density at radius 1 is 1.10 bits per heavy atom. The summed E-state index contributed by atoms with van der Waals surface area (Å²) < 4.78 is 0. The predicted molar refractivity (Wildman–Crippen MR) is 114 cm³/mol. The van der Waals surface area contributed by atoms with Crippen LogP contribution in [0.3, 0.4) is 0 Å². The summed E-state index contributed by atoms with van der Waals surface area (Å²) in [7, 11) is 0.